The molecule has 3 heterocycles. The molecule has 0 radical (unpaired) electrons. The van der Waals surface area contributed by atoms with Crippen molar-refractivity contribution in [3.63, 3.8) is 0 Å². The van der Waals surface area contributed by atoms with Gasteiger partial charge in [-0.1, -0.05) is 12.1 Å². The van der Waals surface area contributed by atoms with Gasteiger partial charge in [-0.05, 0) is 30.3 Å². The lowest BCUT2D eigenvalue weighted by atomic mass is 10.1. The SMILES string of the molecule is Cn1nc(-c2ccccc2F)c2cc(C(=O)N3CCN(c4ccc([N+](=O)[O-])cc4)CC3)sc21. The average molecular weight is 466 g/mol. The molecule has 8 nitrogen and oxygen atoms in total. The second-order valence-corrected chi connectivity index (χ2v) is 8.86. The van der Waals surface area contributed by atoms with Crippen LogP contribution in [-0.4, -0.2) is 51.7 Å². The first-order chi connectivity index (χ1) is 15.9. The molecule has 0 bridgehead atoms. The summed E-state index contributed by atoms with van der Waals surface area (Å²) in [4.78, 5) is 29.0. The van der Waals surface area contributed by atoms with Gasteiger partial charge in [-0.3, -0.25) is 19.6 Å². The van der Waals surface area contributed by atoms with Gasteiger partial charge in [-0.2, -0.15) is 5.10 Å². The van der Waals surface area contributed by atoms with Crippen LogP contribution < -0.4 is 4.90 Å². The van der Waals surface area contributed by atoms with Gasteiger partial charge in [0, 0.05) is 62.0 Å². The number of piperazine rings is 1. The maximum absolute atomic E-state index is 14.3. The third-order valence-electron chi connectivity index (χ3n) is 5.84. The second-order valence-electron chi connectivity index (χ2n) is 7.83. The number of non-ortho nitro benzene ring substituents is 1. The summed E-state index contributed by atoms with van der Waals surface area (Å²) in [6.07, 6.45) is 0. The minimum absolute atomic E-state index is 0.0565. The van der Waals surface area contributed by atoms with Gasteiger partial charge in [0.1, 0.15) is 16.3 Å². The van der Waals surface area contributed by atoms with Crippen molar-refractivity contribution in [2.24, 2.45) is 7.05 Å². The van der Waals surface area contributed by atoms with Crippen LogP contribution in [0.15, 0.2) is 54.6 Å². The van der Waals surface area contributed by atoms with E-state index < -0.39 is 4.92 Å². The van der Waals surface area contributed by atoms with Crippen LogP contribution in [0.3, 0.4) is 0 Å². The predicted octanol–water partition coefficient (Wildman–Crippen LogP) is 4.31. The number of hydrogen-bond donors (Lipinski definition) is 0. The Morgan fingerprint density at radius 1 is 1.09 bits per heavy atom. The van der Waals surface area contributed by atoms with E-state index >= 15 is 0 Å². The fourth-order valence-corrected chi connectivity index (χ4v) is 5.15. The standard InChI is InChI=1S/C23H20FN5O3S/c1-26-23-18(21(25-26)17-4-2-3-5-19(17)24)14-20(33-23)22(30)28-12-10-27(11-13-28)15-6-8-16(9-7-15)29(31)32/h2-9,14H,10-13H2,1H3. The number of nitrogens with zero attached hydrogens (tertiary/aromatic N) is 5. The number of amides is 1. The molecule has 2 aromatic heterocycles. The van der Waals surface area contributed by atoms with Gasteiger partial charge < -0.3 is 9.80 Å². The van der Waals surface area contributed by atoms with Crippen molar-refractivity contribution in [3.8, 4) is 11.3 Å². The van der Waals surface area contributed by atoms with E-state index in [4.69, 9.17) is 0 Å². The molecule has 1 saturated heterocycles. The molecule has 4 aromatic rings. The summed E-state index contributed by atoms with van der Waals surface area (Å²) in [7, 11) is 1.79. The molecule has 0 aliphatic carbocycles. The van der Waals surface area contributed by atoms with E-state index in [1.165, 1.54) is 29.5 Å². The number of anilines is 1. The molecule has 2 aromatic carbocycles. The van der Waals surface area contributed by atoms with E-state index in [1.807, 2.05) is 4.90 Å². The molecule has 1 aliphatic rings. The number of halogens is 1. The van der Waals surface area contributed by atoms with E-state index in [-0.39, 0.29) is 17.4 Å². The number of nitro groups is 1. The minimum atomic E-state index is -0.418. The van der Waals surface area contributed by atoms with Gasteiger partial charge >= 0.3 is 0 Å². The third-order valence-corrected chi connectivity index (χ3v) is 7.03. The lowest BCUT2D eigenvalue weighted by Crippen LogP contribution is -2.48. The van der Waals surface area contributed by atoms with Crippen molar-refractivity contribution < 1.29 is 14.1 Å². The first-order valence-corrected chi connectivity index (χ1v) is 11.2. The van der Waals surface area contributed by atoms with Crippen molar-refractivity contribution in [1.82, 2.24) is 14.7 Å². The smallest absolute Gasteiger partial charge is 0.269 e. The predicted molar refractivity (Wildman–Crippen MR) is 125 cm³/mol. The lowest BCUT2D eigenvalue weighted by molar-refractivity contribution is -0.384. The van der Waals surface area contributed by atoms with Gasteiger partial charge in [0.2, 0.25) is 0 Å². The summed E-state index contributed by atoms with van der Waals surface area (Å²) in [6, 6.07) is 14.8. The fraction of sp³-hybridized carbons (Fsp3) is 0.217. The molecule has 1 fully saturated rings. The van der Waals surface area contributed by atoms with Crippen molar-refractivity contribution in [1.29, 1.82) is 0 Å². The van der Waals surface area contributed by atoms with E-state index in [0.29, 0.717) is 42.3 Å². The molecule has 0 N–H and O–H groups in total. The van der Waals surface area contributed by atoms with Crippen LogP contribution in [0.2, 0.25) is 0 Å². The largest absolute Gasteiger partial charge is 0.368 e. The lowest BCUT2D eigenvalue weighted by Gasteiger charge is -2.35. The fourth-order valence-electron chi connectivity index (χ4n) is 4.11. The summed E-state index contributed by atoms with van der Waals surface area (Å²) in [6.45, 7) is 2.36. The monoisotopic (exact) mass is 465 g/mol. The molecule has 5 rings (SSSR count). The summed E-state index contributed by atoms with van der Waals surface area (Å²) >= 11 is 1.36. The summed E-state index contributed by atoms with van der Waals surface area (Å²) in [5.41, 5.74) is 1.90. The van der Waals surface area contributed by atoms with E-state index in [9.17, 15) is 19.3 Å². The number of hydrogen-bond acceptors (Lipinski definition) is 6. The zero-order chi connectivity index (χ0) is 23.1. The highest BCUT2D eigenvalue weighted by atomic mass is 32.1. The zero-order valence-corrected chi connectivity index (χ0v) is 18.6. The number of aryl methyl sites for hydroxylation is 1. The Balaban J connectivity index is 1.33. The Labute approximate surface area is 192 Å². The molecular formula is C23H20FN5O3S. The molecular weight excluding hydrogens is 445 g/mol. The third kappa shape index (κ3) is 3.82. The average Bonchev–Trinajstić information content (AvgIpc) is 3.40. The zero-order valence-electron chi connectivity index (χ0n) is 17.8. The summed E-state index contributed by atoms with van der Waals surface area (Å²) in [5, 5.41) is 16.1. The Morgan fingerprint density at radius 3 is 2.45 bits per heavy atom. The van der Waals surface area contributed by atoms with Crippen molar-refractivity contribution in [2.75, 3.05) is 31.1 Å². The van der Waals surface area contributed by atoms with Crippen LogP contribution >= 0.6 is 11.3 Å². The van der Waals surface area contributed by atoms with Crippen LogP contribution in [-0.2, 0) is 7.05 Å². The maximum Gasteiger partial charge on any atom is 0.269 e. The number of thiophene rings is 1. The molecule has 1 amide bonds. The molecule has 0 spiro atoms. The first kappa shape index (κ1) is 21.1. The van der Waals surface area contributed by atoms with Crippen molar-refractivity contribution >= 4 is 38.8 Å². The number of carbonyl (C=O) groups is 1. The quantitative estimate of drug-likeness (QED) is 0.331. The van der Waals surface area contributed by atoms with Crippen molar-refractivity contribution in [3.05, 3.63) is 75.4 Å². The molecule has 1 aliphatic heterocycles. The Bertz CT molecular complexity index is 1360. The van der Waals surface area contributed by atoms with Gasteiger partial charge in [0.15, 0.2) is 0 Å². The van der Waals surface area contributed by atoms with Gasteiger partial charge in [-0.15, -0.1) is 11.3 Å². The number of nitro benzene ring substituents is 1. The van der Waals surface area contributed by atoms with Gasteiger partial charge in [0.25, 0.3) is 11.6 Å². The van der Waals surface area contributed by atoms with Crippen LogP contribution in [0.4, 0.5) is 15.8 Å². The Morgan fingerprint density at radius 2 is 1.79 bits per heavy atom. The Hall–Kier alpha value is -3.79. The number of rotatable bonds is 4. The molecule has 33 heavy (non-hydrogen) atoms. The highest BCUT2D eigenvalue weighted by Crippen LogP contribution is 2.35. The van der Waals surface area contributed by atoms with Crippen LogP contribution in [0.5, 0.6) is 0 Å². The number of benzene rings is 2. The highest BCUT2D eigenvalue weighted by Gasteiger charge is 2.26. The normalized spacial score (nSPS) is 14.1. The minimum Gasteiger partial charge on any atom is -0.368 e. The second kappa shape index (κ2) is 8.28. The van der Waals surface area contributed by atoms with Crippen LogP contribution in [0, 0.1) is 15.9 Å². The number of carbonyl (C=O) groups excluding carboxylic acids is 1. The molecule has 0 atom stereocenters. The first-order valence-electron chi connectivity index (χ1n) is 10.4. The van der Waals surface area contributed by atoms with Gasteiger partial charge in [0.05, 0.1) is 9.80 Å². The van der Waals surface area contributed by atoms with Crippen LogP contribution in [0.25, 0.3) is 21.5 Å². The molecule has 0 unspecified atom stereocenters. The molecule has 168 valence electrons. The summed E-state index contributed by atoms with van der Waals surface area (Å²) in [5.74, 6) is -0.405. The van der Waals surface area contributed by atoms with Gasteiger partial charge in [-0.25, -0.2) is 4.39 Å². The maximum atomic E-state index is 14.3. The van der Waals surface area contributed by atoms with Crippen molar-refractivity contribution in [2.45, 2.75) is 0 Å². The van der Waals surface area contributed by atoms with Crippen LogP contribution in [0.1, 0.15) is 9.67 Å². The number of aromatic nitrogens is 2. The van der Waals surface area contributed by atoms with E-state index in [1.54, 1.807) is 48.1 Å². The molecule has 0 saturated carbocycles. The summed E-state index contributed by atoms with van der Waals surface area (Å²) < 4.78 is 16.0. The highest BCUT2D eigenvalue weighted by molar-refractivity contribution is 7.20. The Kier molecular flexibility index (Phi) is 5.29. The van der Waals surface area contributed by atoms with E-state index in [2.05, 4.69) is 10.00 Å². The number of fused-ring (bicyclic) bond motifs is 1. The topological polar surface area (TPSA) is 84.5 Å². The molecule has 10 heteroatoms. The van der Waals surface area contributed by atoms with E-state index in [0.717, 1.165) is 15.9 Å².